The Morgan fingerprint density at radius 3 is 2.46 bits per heavy atom. The lowest BCUT2D eigenvalue weighted by Crippen LogP contribution is -1.84. The normalized spacial score (nSPS) is 11.3. The third-order valence-electron chi connectivity index (χ3n) is 1.72. The summed E-state index contributed by atoms with van der Waals surface area (Å²) in [5.74, 6) is 0. The van der Waals surface area contributed by atoms with Gasteiger partial charge in [-0.1, -0.05) is 36.4 Å². The second-order valence-electron chi connectivity index (χ2n) is 2.79. The van der Waals surface area contributed by atoms with Gasteiger partial charge in [0, 0.05) is 0 Å². The Bertz CT molecular complexity index is 252. The van der Waals surface area contributed by atoms with Crippen molar-refractivity contribution in [3.63, 3.8) is 0 Å². The fraction of sp³-hybridized carbons (Fsp3) is 0.273. The number of rotatable bonds is 4. The molecule has 0 radical (unpaired) electrons. The molecule has 0 nitrogen and oxygen atoms in total. The number of allylic oxidation sites excluding steroid dienone is 2. The molecule has 0 bridgehead atoms. The first-order chi connectivity index (χ1) is 6.29. The number of alkyl halides is 2. The quantitative estimate of drug-likeness (QED) is 0.626. The van der Waals surface area contributed by atoms with Crippen molar-refractivity contribution in [3.05, 3.63) is 48.0 Å². The van der Waals surface area contributed by atoms with E-state index in [1.54, 1.807) is 0 Å². The van der Waals surface area contributed by atoms with Crippen LogP contribution in [0.5, 0.6) is 0 Å². The molecule has 0 fully saturated rings. The van der Waals surface area contributed by atoms with Gasteiger partial charge in [0.05, 0.1) is 0 Å². The van der Waals surface area contributed by atoms with E-state index in [0.717, 1.165) is 12.5 Å². The summed E-state index contributed by atoms with van der Waals surface area (Å²) < 4.78 is 23.3. The standard InChI is InChI=1S/C11H12F2/c12-11(13)9-5-4-8-10-6-2-1-3-7-10/h1-3,5-7,9,11H,4,8H2/b9-5+. The van der Waals surface area contributed by atoms with E-state index < -0.39 is 6.43 Å². The van der Waals surface area contributed by atoms with Crippen LogP contribution in [0.3, 0.4) is 0 Å². The molecule has 0 atom stereocenters. The molecular weight excluding hydrogens is 170 g/mol. The van der Waals surface area contributed by atoms with Crippen LogP contribution >= 0.6 is 0 Å². The summed E-state index contributed by atoms with van der Waals surface area (Å²) in [5, 5.41) is 0. The average Bonchev–Trinajstić information content (AvgIpc) is 2.14. The summed E-state index contributed by atoms with van der Waals surface area (Å²) in [6, 6.07) is 9.84. The molecule has 1 aromatic carbocycles. The van der Waals surface area contributed by atoms with Crippen molar-refractivity contribution >= 4 is 0 Å². The number of hydrogen-bond acceptors (Lipinski definition) is 0. The second-order valence-corrected chi connectivity index (χ2v) is 2.79. The zero-order valence-corrected chi connectivity index (χ0v) is 7.29. The van der Waals surface area contributed by atoms with E-state index in [2.05, 4.69) is 0 Å². The van der Waals surface area contributed by atoms with Crippen molar-refractivity contribution < 1.29 is 8.78 Å². The van der Waals surface area contributed by atoms with Crippen LogP contribution in [0.25, 0.3) is 0 Å². The lowest BCUT2D eigenvalue weighted by molar-refractivity contribution is 0.204. The summed E-state index contributed by atoms with van der Waals surface area (Å²) in [6.45, 7) is 0. The lowest BCUT2D eigenvalue weighted by Gasteiger charge is -1.96. The molecule has 0 N–H and O–H groups in total. The van der Waals surface area contributed by atoms with E-state index in [0.29, 0.717) is 6.42 Å². The summed E-state index contributed by atoms with van der Waals surface area (Å²) in [4.78, 5) is 0. The summed E-state index contributed by atoms with van der Waals surface area (Å²) in [5.41, 5.74) is 1.18. The number of hydrogen-bond donors (Lipinski definition) is 0. The minimum absolute atomic E-state index is 0.675. The molecule has 0 aromatic heterocycles. The number of aryl methyl sites for hydroxylation is 1. The molecule has 70 valence electrons. The zero-order valence-electron chi connectivity index (χ0n) is 7.29. The van der Waals surface area contributed by atoms with E-state index in [1.807, 2.05) is 30.3 Å². The lowest BCUT2D eigenvalue weighted by atomic mass is 10.1. The average molecular weight is 182 g/mol. The largest absolute Gasteiger partial charge is 0.257 e. The van der Waals surface area contributed by atoms with Crippen LogP contribution in [0.15, 0.2) is 42.5 Å². The first-order valence-corrected chi connectivity index (χ1v) is 4.28. The fourth-order valence-corrected chi connectivity index (χ4v) is 1.09. The van der Waals surface area contributed by atoms with Crippen molar-refractivity contribution in [2.24, 2.45) is 0 Å². The van der Waals surface area contributed by atoms with Crippen molar-refractivity contribution in [1.29, 1.82) is 0 Å². The Hall–Kier alpha value is -1.18. The molecule has 1 rings (SSSR count). The van der Waals surface area contributed by atoms with E-state index in [-0.39, 0.29) is 0 Å². The topological polar surface area (TPSA) is 0 Å². The molecule has 0 unspecified atom stereocenters. The fourth-order valence-electron chi connectivity index (χ4n) is 1.09. The Balaban J connectivity index is 2.28. The van der Waals surface area contributed by atoms with Crippen LogP contribution in [0.2, 0.25) is 0 Å². The molecule has 0 saturated heterocycles. The highest BCUT2D eigenvalue weighted by Crippen LogP contribution is 2.03. The van der Waals surface area contributed by atoms with Gasteiger partial charge >= 0.3 is 0 Å². The monoisotopic (exact) mass is 182 g/mol. The highest BCUT2D eigenvalue weighted by molar-refractivity contribution is 5.15. The smallest absolute Gasteiger partial charge is 0.206 e. The van der Waals surface area contributed by atoms with Crippen LogP contribution in [0, 0.1) is 0 Å². The Morgan fingerprint density at radius 2 is 1.85 bits per heavy atom. The van der Waals surface area contributed by atoms with Gasteiger partial charge < -0.3 is 0 Å². The second kappa shape index (κ2) is 5.46. The summed E-state index contributed by atoms with van der Waals surface area (Å²) in [6.07, 6.45) is 1.63. The highest BCUT2D eigenvalue weighted by Gasteiger charge is 1.92. The molecule has 0 heterocycles. The molecule has 0 saturated carbocycles. The predicted molar refractivity (Wildman–Crippen MR) is 49.9 cm³/mol. The van der Waals surface area contributed by atoms with E-state index >= 15 is 0 Å². The molecule has 13 heavy (non-hydrogen) atoms. The zero-order chi connectivity index (χ0) is 9.52. The van der Waals surface area contributed by atoms with Crippen LogP contribution in [-0.2, 0) is 6.42 Å². The summed E-state index contributed by atoms with van der Waals surface area (Å²) in [7, 11) is 0. The van der Waals surface area contributed by atoms with Gasteiger partial charge in [-0.25, -0.2) is 8.78 Å². The van der Waals surface area contributed by atoms with Crippen molar-refractivity contribution in [1.82, 2.24) is 0 Å². The molecule has 0 amide bonds. The first kappa shape index (κ1) is 9.90. The molecule has 0 aliphatic carbocycles. The molecule has 0 aliphatic heterocycles. The third-order valence-corrected chi connectivity index (χ3v) is 1.72. The van der Waals surface area contributed by atoms with Gasteiger partial charge in [-0.15, -0.1) is 0 Å². The van der Waals surface area contributed by atoms with Crippen LogP contribution in [-0.4, -0.2) is 6.43 Å². The van der Waals surface area contributed by atoms with E-state index in [1.165, 1.54) is 11.6 Å². The summed E-state index contributed by atoms with van der Waals surface area (Å²) >= 11 is 0. The Labute approximate surface area is 76.9 Å². The maximum atomic E-state index is 11.7. The van der Waals surface area contributed by atoms with Crippen molar-refractivity contribution in [2.75, 3.05) is 0 Å². The third kappa shape index (κ3) is 4.41. The van der Waals surface area contributed by atoms with Gasteiger partial charge in [0.25, 0.3) is 6.43 Å². The Kier molecular flexibility index (Phi) is 4.16. The maximum Gasteiger partial charge on any atom is 0.257 e. The van der Waals surface area contributed by atoms with Crippen molar-refractivity contribution in [3.8, 4) is 0 Å². The van der Waals surface area contributed by atoms with Gasteiger partial charge in [-0.2, -0.15) is 0 Å². The first-order valence-electron chi connectivity index (χ1n) is 4.28. The number of halogens is 2. The van der Waals surface area contributed by atoms with Gasteiger partial charge in [0.1, 0.15) is 0 Å². The molecule has 0 spiro atoms. The van der Waals surface area contributed by atoms with Gasteiger partial charge in [-0.3, -0.25) is 0 Å². The van der Waals surface area contributed by atoms with Crippen LogP contribution in [0.1, 0.15) is 12.0 Å². The molecule has 2 heteroatoms. The van der Waals surface area contributed by atoms with Gasteiger partial charge in [0.2, 0.25) is 0 Å². The number of benzene rings is 1. The van der Waals surface area contributed by atoms with Crippen LogP contribution < -0.4 is 0 Å². The maximum absolute atomic E-state index is 11.7. The van der Waals surface area contributed by atoms with Gasteiger partial charge in [-0.05, 0) is 24.5 Å². The highest BCUT2D eigenvalue weighted by atomic mass is 19.3. The Morgan fingerprint density at radius 1 is 1.15 bits per heavy atom. The van der Waals surface area contributed by atoms with Crippen molar-refractivity contribution in [2.45, 2.75) is 19.3 Å². The molecule has 1 aromatic rings. The molecule has 0 aliphatic rings. The van der Waals surface area contributed by atoms with E-state index in [4.69, 9.17) is 0 Å². The minimum Gasteiger partial charge on any atom is -0.206 e. The predicted octanol–water partition coefficient (Wildman–Crippen LogP) is 3.44. The molecular formula is C11H12F2. The van der Waals surface area contributed by atoms with Crippen LogP contribution in [0.4, 0.5) is 8.78 Å². The van der Waals surface area contributed by atoms with E-state index in [9.17, 15) is 8.78 Å². The van der Waals surface area contributed by atoms with Gasteiger partial charge in [0.15, 0.2) is 0 Å². The SMILES string of the molecule is FC(F)/C=C/CCc1ccccc1. The minimum atomic E-state index is -2.32.